The van der Waals surface area contributed by atoms with Gasteiger partial charge in [-0.15, -0.1) is 13.2 Å². The molecule has 0 bridgehead atoms. The molecule has 0 aliphatic carbocycles. The summed E-state index contributed by atoms with van der Waals surface area (Å²) in [6.07, 6.45) is -4.77. The van der Waals surface area contributed by atoms with Crippen molar-refractivity contribution in [2.45, 2.75) is 13.3 Å². The Bertz CT molecular complexity index is 575. The SMILES string of the molecule is CCOc1cc(OC(F)(F)F)ccc1C1=NNC(=O)SC1. The van der Waals surface area contributed by atoms with E-state index in [0.29, 0.717) is 17.0 Å². The number of nitrogens with one attached hydrogen (secondary N) is 1. The van der Waals surface area contributed by atoms with Crippen LogP contribution in [0, 0.1) is 0 Å². The molecule has 114 valence electrons. The summed E-state index contributed by atoms with van der Waals surface area (Å²) >= 11 is 1.01. The molecule has 9 heteroatoms. The molecule has 0 fully saturated rings. The molecular formula is C12H11F3N2O3S. The first-order valence-corrected chi connectivity index (χ1v) is 6.90. The van der Waals surface area contributed by atoms with Gasteiger partial charge in [0.05, 0.1) is 12.3 Å². The van der Waals surface area contributed by atoms with Crippen molar-refractivity contribution in [3.05, 3.63) is 23.8 Å². The Morgan fingerprint density at radius 1 is 1.43 bits per heavy atom. The van der Waals surface area contributed by atoms with Crippen molar-refractivity contribution in [1.29, 1.82) is 0 Å². The largest absolute Gasteiger partial charge is 0.573 e. The lowest BCUT2D eigenvalue weighted by atomic mass is 10.1. The summed E-state index contributed by atoms with van der Waals surface area (Å²) in [7, 11) is 0. The molecule has 0 atom stereocenters. The number of nitrogens with zero attached hydrogens (tertiary/aromatic N) is 1. The van der Waals surface area contributed by atoms with Gasteiger partial charge in [0.25, 0.3) is 5.24 Å². The van der Waals surface area contributed by atoms with E-state index in [-0.39, 0.29) is 23.3 Å². The van der Waals surface area contributed by atoms with Gasteiger partial charge in [-0.05, 0) is 19.1 Å². The normalized spacial score (nSPS) is 15.2. The second kappa shape index (κ2) is 6.25. The molecule has 0 saturated carbocycles. The highest BCUT2D eigenvalue weighted by Crippen LogP contribution is 2.30. The summed E-state index contributed by atoms with van der Waals surface area (Å²) in [5.41, 5.74) is 3.33. The molecule has 0 spiro atoms. The lowest BCUT2D eigenvalue weighted by Gasteiger charge is -2.16. The van der Waals surface area contributed by atoms with Gasteiger partial charge in [-0.1, -0.05) is 11.8 Å². The molecule has 1 heterocycles. The number of carbonyl (C=O) groups excluding carboxylic acids is 1. The first kappa shape index (κ1) is 15.5. The first-order chi connectivity index (χ1) is 9.89. The van der Waals surface area contributed by atoms with Gasteiger partial charge in [-0.2, -0.15) is 5.10 Å². The van der Waals surface area contributed by atoms with E-state index in [1.54, 1.807) is 6.92 Å². The van der Waals surface area contributed by atoms with E-state index in [0.717, 1.165) is 17.8 Å². The van der Waals surface area contributed by atoms with Gasteiger partial charge in [0, 0.05) is 17.4 Å². The number of halogens is 3. The van der Waals surface area contributed by atoms with Gasteiger partial charge in [0.1, 0.15) is 11.5 Å². The van der Waals surface area contributed by atoms with E-state index in [4.69, 9.17) is 4.74 Å². The van der Waals surface area contributed by atoms with E-state index < -0.39 is 6.36 Å². The molecule has 1 aromatic rings. The van der Waals surface area contributed by atoms with Crippen LogP contribution >= 0.6 is 11.8 Å². The van der Waals surface area contributed by atoms with Crippen molar-refractivity contribution in [1.82, 2.24) is 5.43 Å². The Balaban J connectivity index is 2.31. The zero-order chi connectivity index (χ0) is 15.5. The summed E-state index contributed by atoms with van der Waals surface area (Å²) in [5, 5.41) is 3.60. The Labute approximate surface area is 122 Å². The molecule has 1 aromatic carbocycles. The Kier molecular flexibility index (Phi) is 4.61. The number of hydrogen-bond donors (Lipinski definition) is 1. The van der Waals surface area contributed by atoms with Gasteiger partial charge in [-0.25, -0.2) is 5.43 Å². The average Bonchev–Trinajstić information content (AvgIpc) is 2.39. The Hall–Kier alpha value is -1.90. The van der Waals surface area contributed by atoms with Gasteiger partial charge in [-0.3, -0.25) is 4.79 Å². The van der Waals surface area contributed by atoms with Crippen LogP contribution in [0.5, 0.6) is 11.5 Å². The van der Waals surface area contributed by atoms with Crippen LogP contribution in [0.25, 0.3) is 0 Å². The highest BCUT2D eigenvalue weighted by Gasteiger charge is 2.31. The highest BCUT2D eigenvalue weighted by atomic mass is 32.2. The number of benzene rings is 1. The molecule has 5 nitrogen and oxygen atoms in total. The van der Waals surface area contributed by atoms with Crippen LogP contribution in [0.15, 0.2) is 23.3 Å². The number of hydrazone groups is 1. The predicted octanol–water partition coefficient (Wildman–Crippen LogP) is 3.14. The lowest BCUT2D eigenvalue weighted by Crippen LogP contribution is -2.24. The number of carbonyl (C=O) groups is 1. The minimum atomic E-state index is -4.77. The van der Waals surface area contributed by atoms with Crippen molar-refractivity contribution >= 4 is 22.7 Å². The lowest BCUT2D eigenvalue weighted by molar-refractivity contribution is -0.274. The van der Waals surface area contributed by atoms with E-state index in [1.165, 1.54) is 12.1 Å². The number of hydrogen-bond acceptors (Lipinski definition) is 5. The van der Waals surface area contributed by atoms with Gasteiger partial charge >= 0.3 is 6.36 Å². The minimum Gasteiger partial charge on any atom is -0.493 e. The number of alkyl halides is 3. The van der Waals surface area contributed by atoms with Crippen LogP contribution in [0.2, 0.25) is 0 Å². The van der Waals surface area contributed by atoms with Crippen LogP contribution < -0.4 is 14.9 Å². The zero-order valence-electron chi connectivity index (χ0n) is 10.9. The monoisotopic (exact) mass is 320 g/mol. The number of ether oxygens (including phenoxy) is 2. The van der Waals surface area contributed by atoms with Crippen LogP contribution in [0.1, 0.15) is 12.5 Å². The van der Waals surface area contributed by atoms with Crippen molar-refractivity contribution in [2.24, 2.45) is 5.10 Å². The standard InChI is InChI=1S/C12H11F3N2O3S/c1-2-19-10-5-7(20-12(13,14)15)3-4-8(10)9-6-21-11(18)17-16-9/h3-5H,2,6H2,1H3,(H,17,18). The van der Waals surface area contributed by atoms with Gasteiger partial charge < -0.3 is 9.47 Å². The third kappa shape index (κ3) is 4.28. The fraction of sp³-hybridized carbons (Fsp3) is 0.333. The summed E-state index contributed by atoms with van der Waals surface area (Å²) in [5.74, 6) is 0.156. The quantitative estimate of drug-likeness (QED) is 0.926. The smallest absolute Gasteiger partial charge is 0.493 e. The van der Waals surface area contributed by atoms with Crippen molar-refractivity contribution in [3.8, 4) is 11.5 Å². The maximum absolute atomic E-state index is 12.2. The molecule has 1 N–H and O–H groups in total. The van der Waals surface area contributed by atoms with Crippen LogP contribution in [0.4, 0.5) is 18.0 Å². The minimum absolute atomic E-state index is 0.217. The highest BCUT2D eigenvalue weighted by molar-refractivity contribution is 8.14. The van der Waals surface area contributed by atoms with Crippen molar-refractivity contribution < 1.29 is 27.4 Å². The summed E-state index contributed by atoms with van der Waals surface area (Å²) < 4.78 is 45.8. The number of thioether (sulfide) groups is 1. The average molecular weight is 320 g/mol. The molecule has 1 aliphatic heterocycles. The number of rotatable bonds is 4. The molecular weight excluding hydrogens is 309 g/mol. The molecule has 0 unspecified atom stereocenters. The zero-order valence-corrected chi connectivity index (χ0v) is 11.7. The fourth-order valence-electron chi connectivity index (χ4n) is 1.66. The third-order valence-corrected chi connectivity index (χ3v) is 3.19. The maximum Gasteiger partial charge on any atom is 0.573 e. The summed E-state index contributed by atoms with van der Waals surface area (Å²) in [6.45, 7) is 1.98. The fourth-order valence-corrected chi connectivity index (χ4v) is 2.26. The van der Waals surface area contributed by atoms with E-state index in [9.17, 15) is 18.0 Å². The topological polar surface area (TPSA) is 59.9 Å². The third-order valence-electron chi connectivity index (χ3n) is 2.42. The molecule has 0 aromatic heterocycles. The van der Waals surface area contributed by atoms with Gasteiger partial charge in [0.2, 0.25) is 0 Å². The first-order valence-electron chi connectivity index (χ1n) is 5.91. The molecule has 0 radical (unpaired) electrons. The summed E-state index contributed by atoms with van der Waals surface area (Å²) in [6, 6.07) is 3.74. The molecule has 2 rings (SSSR count). The van der Waals surface area contributed by atoms with E-state index in [2.05, 4.69) is 15.3 Å². The van der Waals surface area contributed by atoms with Crippen LogP contribution in [0.3, 0.4) is 0 Å². The molecule has 1 amide bonds. The van der Waals surface area contributed by atoms with E-state index in [1.807, 2.05) is 0 Å². The maximum atomic E-state index is 12.2. The van der Waals surface area contributed by atoms with E-state index >= 15 is 0 Å². The van der Waals surface area contributed by atoms with Gasteiger partial charge in [0.15, 0.2) is 0 Å². The second-order valence-electron chi connectivity index (χ2n) is 3.89. The van der Waals surface area contributed by atoms with Crippen molar-refractivity contribution in [2.75, 3.05) is 12.4 Å². The predicted molar refractivity (Wildman–Crippen MR) is 71.8 cm³/mol. The van der Waals surface area contributed by atoms with Crippen molar-refractivity contribution in [3.63, 3.8) is 0 Å². The molecule has 21 heavy (non-hydrogen) atoms. The Morgan fingerprint density at radius 3 is 2.76 bits per heavy atom. The van der Waals surface area contributed by atoms with Crippen LogP contribution in [-0.2, 0) is 0 Å². The molecule has 0 saturated heterocycles. The number of amides is 1. The van der Waals surface area contributed by atoms with Crippen LogP contribution in [-0.4, -0.2) is 29.7 Å². The molecule has 1 aliphatic rings. The Morgan fingerprint density at radius 2 is 2.19 bits per heavy atom. The summed E-state index contributed by atoms with van der Waals surface area (Å²) in [4.78, 5) is 11.0. The second-order valence-corrected chi connectivity index (χ2v) is 4.83.